The second kappa shape index (κ2) is 13.0. The summed E-state index contributed by atoms with van der Waals surface area (Å²) in [5, 5.41) is 11.5. The van der Waals surface area contributed by atoms with Crippen molar-refractivity contribution in [1.82, 2.24) is 9.80 Å². The standard InChI is InChI=1S/C42H40N2O6/c1-25-20-36(46)39-34(40(25)47)22-33-30(37(39)31-13-12-29(21-35(31)45)50-24-27-10-6-3-7-11-27)14-15-32-38(33)42(49)44(41(32)48)28-16-18-43(19-17-28)23-26-8-4-2-5-9-26/h2-14,20-21,28,32-33,37-38,45H,15-19,22-24H2,1H3. The summed E-state index contributed by atoms with van der Waals surface area (Å²) in [6.45, 7) is 4.39. The lowest BCUT2D eigenvalue weighted by Crippen LogP contribution is -2.47. The highest BCUT2D eigenvalue weighted by Crippen LogP contribution is 2.56. The van der Waals surface area contributed by atoms with Gasteiger partial charge in [0.1, 0.15) is 18.1 Å². The minimum Gasteiger partial charge on any atom is -0.507 e. The van der Waals surface area contributed by atoms with Crippen molar-refractivity contribution in [3.8, 4) is 11.5 Å². The normalized spacial score (nSPS) is 25.6. The first-order chi connectivity index (χ1) is 24.3. The van der Waals surface area contributed by atoms with Crippen molar-refractivity contribution in [2.75, 3.05) is 13.1 Å². The number of ketones is 2. The van der Waals surface area contributed by atoms with E-state index >= 15 is 0 Å². The van der Waals surface area contributed by atoms with E-state index in [2.05, 4.69) is 17.0 Å². The number of phenols is 1. The van der Waals surface area contributed by atoms with Crippen molar-refractivity contribution < 1.29 is 29.0 Å². The summed E-state index contributed by atoms with van der Waals surface area (Å²) in [6.07, 6.45) is 5.41. The van der Waals surface area contributed by atoms with E-state index in [9.17, 15) is 24.3 Å². The number of Topliss-reactive ketones (excluding diaryl/α,β-unsaturated/α-hetero) is 1. The van der Waals surface area contributed by atoms with Gasteiger partial charge in [0.2, 0.25) is 11.8 Å². The van der Waals surface area contributed by atoms with Gasteiger partial charge < -0.3 is 9.84 Å². The van der Waals surface area contributed by atoms with Gasteiger partial charge in [-0.1, -0.05) is 78.4 Å². The molecule has 8 rings (SSSR count). The first kappa shape index (κ1) is 32.1. The number of allylic oxidation sites excluding steroid dienone is 6. The van der Waals surface area contributed by atoms with E-state index in [4.69, 9.17) is 4.74 Å². The largest absolute Gasteiger partial charge is 0.507 e. The van der Waals surface area contributed by atoms with Gasteiger partial charge in [-0.25, -0.2) is 0 Å². The molecule has 0 radical (unpaired) electrons. The second-order valence-corrected chi connectivity index (χ2v) is 14.3. The summed E-state index contributed by atoms with van der Waals surface area (Å²) in [4.78, 5) is 59.7. The van der Waals surface area contributed by atoms with Crippen LogP contribution in [0.4, 0.5) is 0 Å². The lowest BCUT2D eigenvalue weighted by Gasteiger charge is -2.42. The van der Waals surface area contributed by atoms with Gasteiger partial charge in [-0.15, -0.1) is 0 Å². The van der Waals surface area contributed by atoms with Crippen molar-refractivity contribution in [3.05, 3.63) is 130 Å². The number of carbonyl (C=O) groups excluding carboxylic acids is 4. The molecule has 1 N–H and O–H groups in total. The average molecular weight is 669 g/mol. The molecule has 2 fully saturated rings. The molecule has 50 heavy (non-hydrogen) atoms. The fourth-order valence-corrected chi connectivity index (χ4v) is 8.90. The molecule has 4 unspecified atom stereocenters. The van der Waals surface area contributed by atoms with E-state index in [1.54, 1.807) is 30.0 Å². The Balaban J connectivity index is 1.07. The van der Waals surface area contributed by atoms with Crippen LogP contribution in [0, 0.1) is 17.8 Å². The van der Waals surface area contributed by atoms with E-state index < -0.39 is 23.7 Å². The highest BCUT2D eigenvalue weighted by atomic mass is 16.5. The second-order valence-electron chi connectivity index (χ2n) is 14.3. The number of aromatic hydroxyl groups is 1. The number of fused-ring (bicyclic) bond motifs is 3. The Morgan fingerprint density at radius 3 is 2.24 bits per heavy atom. The number of benzene rings is 3. The van der Waals surface area contributed by atoms with Crippen LogP contribution in [0.2, 0.25) is 0 Å². The van der Waals surface area contributed by atoms with Gasteiger partial charge in [-0.2, -0.15) is 0 Å². The Kier molecular flexibility index (Phi) is 8.35. The van der Waals surface area contributed by atoms with Crippen molar-refractivity contribution in [2.24, 2.45) is 17.8 Å². The molecular weight excluding hydrogens is 628 g/mol. The van der Waals surface area contributed by atoms with Crippen LogP contribution in [-0.4, -0.2) is 57.4 Å². The molecule has 3 aromatic carbocycles. The van der Waals surface area contributed by atoms with Gasteiger partial charge in [0.25, 0.3) is 0 Å². The van der Waals surface area contributed by atoms with Crippen LogP contribution in [0.3, 0.4) is 0 Å². The van der Waals surface area contributed by atoms with E-state index in [1.807, 2.05) is 54.6 Å². The molecule has 4 atom stereocenters. The highest BCUT2D eigenvalue weighted by molar-refractivity contribution is 6.23. The Bertz CT molecular complexity index is 1970. The van der Waals surface area contributed by atoms with Crippen LogP contribution in [-0.2, 0) is 32.3 Å². The topological polar surface area (TPSA) is 104 Å². The Hall–Kier alpha value is -5.08. The number of likely N-dealkylation sites (tertiary alicyclic amines) is 2. The number of nitrogens with zero attached hydrogens (tertiary/aromatic N) is 2. The molecule has 8 heteroatoms. The molecule has 2 aliphatic heterocycles. The number of hydrogen-bond donors (Lipinski definition) is 1. The highest BCUT2D eigenvalue weighted by Gasteiger charge is 2.57. The molecule has 3 aromatic rings. The molecule has 0 saturated carbocycles. The first-order valence-corrected chi connectivity index (χ1v) is 17.6. The summed E-state index contributed by atoms with van der Waals surface area (Å²) >= 11 is 0. The van der Waals surface area contributed by atoms with Gasteiger partial charge in [-0.05, 0) is 61.8 Å². The predicted octanol–water partition coefficient (Wildman–Crippen LogP) is 6.07. The summed E-state index contributed by atoms with van der Waals surface area (Å²) in [7, 11) is 0. The smallest absolute Gasteiger partial charge is 0.233 e. The molecule has 3 aliphatic carbocycles. The summed E-state index contributed by atoms with van der Waals surface area (Å²) in [5.41, 5.74) is 4.64. The maximum atomic E-state index is 14.4. The summed E-state index contributed by atoms with van der Waals surface area (Å²) in [6, 6.07) is 24.9. The fraction of sp³-hybridized carbons (Fsp3) is 0.333. The van der Waals surface area contributed by atoms with E-state index in [0.29, 0.717) is 41.1 Å². The van der Waals surface area contributed by atoms with Crippen LogP contribution < -0.4 is 4.74 Å². The van der Waals surface area contributed by atoms with Crippen LogP contribution in [0.25, 0.3) is 0 Å². The molecule has 2 amide bonds. The number of hydrogen-bond acceptors (Lipinski definition) is 7. The van der Waals surface area contributed by atoms with Crippen molar-refractivity contribution in [1.29, 1.82) is 0 Å². The van der Waals surface area contributed by atoms with E-state index in [1.165, 1.54) is 11.6 Å². The first-order valence-electron chi connectivity index (χ1n) is 17.6. The predicted molar refractivity (Wildman–Crippen MR) is 187 cm³/mol. The molecule has 2 heterocycles. The number of piperidine rings is 1. The molecule has 254 valence electrons. The number of amides is 2. The molecule has 0 spiro atoms. The molecule has 2 saturated heterocycles. The molecule has 0 bridgehead atoms. The number of phenolic OH excluding ortho intramolecular Hbond substituents is 1. The van der Waals surface area contributed by atoms with Gasteiger partial charge in [-0.3, -0.25) is 29.0 Å². The third-order valence-corrected chi connectivity index (χ3v) is 11.3. The van der Waals surface area contributed by atoms with Crippen molar-refractivity contribution in [2.45, 2.75) is 57.7 Å². The third kappa shape index (κ3) is 5.61. The van der Waals surface area contributed by atoms with Gasteiger partial charge in [0, 0.05) is 59.9 Å². The Morgan fingerprint density at radius 2 is 1.54 bits per heavy atom. The van der Waals surface area contributed by atoms with Crippen LogP contribution in [0.5, 0.6) is 11.5 Å². The lowest BCUT2D eigenvalue weighted by molar-refractivity contribution is -0.144. The molecule has 8 nitrogen and oxygen atoms in total. The zero-order valence-electron chi connectivity index (χ0n) is 28.1. The van der Waals surface area contributed by atoms with Crippen LogP contribution in [0.1, 0.15) is 55.2 Å². The lowest BCUT2D eigenvalue weighted by atomic mass is 9.59. The van der Waals surface area contributed by atoms with Gasteiger partial charge >= 0.3 is 0 Å². The molecule has 5 aliphatic rings. The zero-order chi connectivity index (χ0) is 34.5. The monoisotopic (exact) mass is 668 g/mol. The third-order valence-electron chi connectivity index (χ3n) is 11.3. The molecular formula is C42H40N2O6. The fourth-order valence-electron chi connectivity index (χ4n) is 8.90. The summed E-state index contributed by atoms with van der Waals surface area (Å²) in [5.74, 6) is -2.63. The van der Waals surface area contributed by atoms with Gasteiger partial charge in [0.05, 0.1) is 11.8 Å². The zero-order valence-corrected chi connectivity index (χ0v) is 28.1. The van der Waals surface area contributed by atoms with Gasteiger partial charge in [0.15, 0.2) is 11.6 Å². The Labute approximate surface area is 291 Å². The minimum absolute atomic E-state index is 0.0553. The maximum Gasteiger partial charge on any atom is 0.233 e. The van der Waals surface area contributed by atoms with E-state index in [-0.39, 0.29) is 41.6 Å². The minimum atomic E-state index is -0.716. The maximum absolute atomic E-state index is 14.4. The van der Waals surface area contributed by atoms with E-state index in [0.717, 1.165) is 43.6 Å². The Morgan fingerprint density at radius 1 is 0.840 bits per heavy atom. The van der Waals surface area contributed by atoms with Crippen molar-refractivity contribution >= 4 is 23.4 Å². The van der Waals surface area contributed by atoms with Crippen LogP contribution in [0.15, 0.2) is 113 Å². The SMILES string of the molecule is CC1=CC(=O)C2=C(CC3C(=CCC4C(=O)N(C5CCN(Cc6ccccc6)CC5)C(=O)C43)C2c2ccc(OCc3ccccc3)cc2O)C1=O. The number of imide groups is 1. The number of rotatable bonds is 7. The molecule has 0 aromatic heterocycles. The number of carbonyl (C=O) groups is 4. The summed E-state index contributed by atoms with van der Waals surface area (Å²) < 4.78 is 5.96. The number of ether oxygens (including phenoxy) is 1. The van der Waals surface area contributed by atoms with Crippen molar-refractivity contribution in [3.63, 3.8) is 0 Å². The van der Waals surface area contributed by atoms with Crippen LogP contribution >= 0.6 is 0 Å². The quantitative estimate of drug-likeness (QED) is 0.185. The average Bonchev–Trinajstić information content (AvgIpc) is 3.39.